The van der Waals surface area contributed by atoms with Crippen LogP contribution in [-0.2, 0) is 33.7 Å². The van der Waals surface area contributed by atoms with Crippen LogP contribution in [0.25, 0.3) is 11.1 Å². The molecule has 3 heterocycles. The number of esters is 2. The molecule has 2 aromatic heterocycles. The summed E-state index contributed by atoms with van der Waals surface area (Å²) in [6.07, 6.45) is 9.13. The molecule has 3 aromatic rings. The van der Waals surface area contributed by atoms with Crippen molar-refractivity contribution in [3.8, 4) is 11.1 Å². The fraction of sp³-hybridized carbons (Fsp3) is 0.600. The second-order valence-electron chi connectivity index (χ2n) is 17.4. The van der Waals surface area contributed by atoms with E-state index in [0.29, 0.717) is 36.6 Å². The summed E-state index contributed by atoms with van der Waals surface area (Å²) < 4.78 is 19.6. The first-order valence-electron chi connectivity index (χ1n) is 18.0. The van der Waals surface area contributed by atoms with Crippen molar-refractivity contribution in [2.24, 2.45) is 16.2 Å². The van der Waals surface area contributed by atoms with Crippen LogP contribution in [0, 0.1) is 23.2 Å². The molecule has 4 saturated carbocycles. The van der Waals surface area contributed by atoms with Gasteiger partial charge in [-0.3, -0.25) is 4.68 Å². The first kappa shape index (κ1) is 34.7. The SMILES string of the molecule is COC(=O)c1cccc2c1CN(c1ccc(-c3cnn(CC45CC6(C)CC(C)(C4)CC(OCCO)(C6)C5)c3C)c(C(=O)OC(C)(C)C)n1)CC2. The largest absolute Gasteiger partial charge is 0.465 e. The van der Waals surface area contributed by atoms with Gasteiger partial charge in [-0.1, -0.05) is 26.0 Å². The fourth-order valence-corrected chi connectivity index (χ4v) is 11.0. The summed E-state index contributed by atoms with van der Waals surface area (Å²) in [5.74, 6) is -0.203. The summed E-state index contributed by atoms with van der Waals surface area (Å²) in [6, 6.07) is 9.65. The van der Waals surface area contributed by atoms with Gasteiger partial charge in [-0.05, 0) is 118 Å². The molecule has 0 spiro atoms. The van der Waals surface area contributed by atoms with Crippen LogP contribution in [0.2, 0.25) is 0 Å². The molecule has 1 aromatic carbocycles. The Balaban J connectivity index is 1.22. The average Bonchev–Trinajstić information content (AvgIpc) is 3.38. The van der Waals surface area contributed by atoms with Gasteiger partial charge in [0, 0.05) is 36.5 Å². The number of fused-ring (bicyclic) bond motifs is 1. The van der Waals surface area contributed by atoms with Crippen LogP contribution in [0.1, 0.15) is 111 Å². The number of carbonyl (C=O) groups is 2. The minimum absolute atomic E-state index is 0.0332. The second-order valence-corrected chi connectivity index (χ2v) is 17.4. The molecule has 4 bridgehead atoms. The Labute approximate surface area is 295 Å². The molecule has 0 saturated heterocycles. The van der Waals surface area contributed by atoms with Crippen LogP contribution in [0.4, 0.5) is 5.82 Å². The summed E-state index contributed by atoms with van der Waals surface area (Å²) in [6.45, 7) is 14.9. The van der Waals surface area contributed by atoms with E-state index in [1.807, 2.05) is 51.2 Å². The van der Waals surface area contributed by atoms with E-state index in [9.17, 15) is 14.7 Å². The summed E-state index contributed by atoms with van der Waals surface area (Å²) >= 11 is 0. The number of methoxy groups -OCH3 is 1. The number of anilines is 1. The third-order valence-corrected chi connectivity index (χ3v) is 11.5. The van der Waals surface area contributed by atoms with Gasteiger partial charge in [-0.15, -0.1) is 0 Å². The number of hydrogen-bond donors (Lipinski definition) is 1. The molecule has 10 heteroatoms. The summed E-state index contributed by atoms with van der Waals surface area (Å²) in [7, 11) is 1.40. The lowest BCUT2D eigenvalue weighted by molar-refractivity contribution is -0.250. The zero-order valence-corrected chi connectivity index (χ0v) is 30.7. The van der Waals surface area contributed by atoms with E-state index in [2.05, 4.69) is 30.4 Å². The Kier molecular flexibility index (Phi) is 8.45. The predicted molar refractivity (Wildman–Crippen MR) is 190 cm³/mol. The summed E-state index contributed by atoms with van der Waals surface area (Å²) in [4.78, 5) is 33.5. The van der Waals surface area contributed by atoms with Gasteiger partial charge in [-0.25, -0.2) is 14.6 Å². The van der Waals surface area contributed by atoms with E-state index in [4.69, 9.17) is 24.3 Å². The standard InChI is InChI=1S/C40H52N4O6/c1-26-30(17-41-44(26)25-39-20-37(5)19-38(6,21-39)23-40(22-37,24-39)49-16-15-45)28-11-12-32(42-33(28)35(47)50-36(2,3)4)43-14-13-27-9-8-10-29(31(27)18-43)34(46)48-7/h8-12,17,45H,13-16,18-25H2,1-7H3. The number of carbonyl (C=O) groups excluding carboxylic acids is 2. The quantitative estimate of drug-likeness (QED) is 0.246. The molecule has 2 unspecified atom stereocenters. The van der Waals surface area contributed by atoms with E-state index >= 15 is 0 Å². The molecule has 0 radical (unpaired) electrons. The molecular weight excluding hydrogens is 632 g/mol. The first-order chi connectivity index (χ1) is 23.6. The van der Waals surface area contributed by atoms with Gasteiger partial charge in [0.25, 0.3) is 0 Å². The number of aliphatic hydroxyl groups is 1. The topological polar surface area (TPSA) is 116 Å². The van der Waals surface area contributed by atoms with Crippen LogP contribution < -0.4 is 4.90 Å². The van der Waals surface area contributed by atoms with Crippen LogP contribution in [-0.4, -0.2) is 69.9 Å². The van der Waals surface area contributed by atoms with Crippen LogP contribution in [0.5, 0.6) is 0 Å². The Hall–Kier alpha value is -3.76. The molecule has 1 N–H and O–H groups in total. The second kappa shape index (κ2) is 12.2. The number of hydrogen-bond acceptors (Lipinski definition) is 9. The number of aliphatic hydroxyl groups excluding tert-OH is 1. The van der Waals surface area contributed by atoms with Crippen molar-refractivity contribution in [1.29, 1.82) is 0 Å². The van der Waals surface area contributed by atoms with Crippen LogP contribution >= 0.6 is 0 Å². The third kappa shape index (κ3) is 6.34. The van der Waals surface area contributed by atoms with Crippen LogP contribution in [0.3, 0.4) is 0 Å². The molecule has 8 rings (SSSR count). The lowest BCUT2D eigenvalue weighted by Crippen LogP contribution is -2.64. The lowest BCUT2D eigenvalue weighted by Gasteiger charge is -2.69. The van der Waals surface area contributed by atoms with Gasteiger partial charge in [-0.2, -0.15) is 5.10 Å². The molecule has 5 aliphatic rings. The molecule has 10 nitrogen and oxygen atoms in total. The highest BCUT2D eigenvalue weighted by Gasteiger charge is 2.66. The lowest BCUT2D eigenvalue weighted by atomic mass is 9.39. The van der Waals surface area contributed by atoms with Crippen molar-refractivity contribution >= 4 is 17.8 Å². The monoisotopic (exact) mass is 684 g/mol. The van der Waals surface area contributed by atoms with Crippen molar-refractivity contribution in [2.75, 3.05) is 31.8 Å². The molecule has 50 heavy (non-hydrogen) atoms. The molecule has 268 valence electrons. The maximum Gasteiger partial charge on any atom is 0.358 e. The van der Waals surface area contributed by atoms with Gasteiger partial charge >= 0.3 is 11.9 Å². The van der Waals surface area contributed by atoms with E-state index < -0.39 is 11.6 Å². The van der Waals surface area contributed by atoms with Crippen molar-refractivity contribution in [1.82, 2.24) is 14.8 Å². The average molecular weight is 685 g/mol. The Bertz CT molecular complexity index is 1810. The van der Waals surface area contributed by atoms with Crippen molar-refractivity contribution in [2.45, 2.75) is 111 Å². The zero-order chi connectivity index (χ0) is 35.7. The Morgan fingerprint density at radius 2 is 1.70 bits per heavy atom. The highest BCUT2D eigenvalue weighted by molar-refractivity contribution is 5.96. The van der Waals surface area contributed by atoms with E-state index in [0.717, 1.165) is 67.5 Å². The minimum Gasteiger partial charge on any atom is -0.465 e. The molecule has 4 fully saturated rings. The molecule has 4 aliphatic carbocycles. The molecule has 2 atom stereocenters. The maximum absolute atomic E-state index is 13.9. The van der Waals surface area contributed by atoms with Gasteiger partial charge < -0.3 is 24.2 Å². The van der Waals surface area contributed by atoms with E-state index in [-0.39, 0.29) is 40.1 Å². The number of rotatable bonds is 9. The molecule has 1 aliphatic heterocycles. The smallest absolute Gasteiger partial charge is 0.358 e. The minimum atomic E-state index is -0.705. The Morgan fingerprint density at radius 3 is 2.38 bits per heavy atom. The number of pyridine rings is 1. The van der Waals surface area contributed by atoms with Gasteiger partial charge in [0.2, 0.25) is 0 Å². The van der Waals surface area contributed by atoms with Gasteiger partial charge in [0.15, 0.2) is 5.69 Å². The zero-order valence-electron chi connectivity index (χ0n) is 30.7. The number of aromatic nitrogens is 3. The number of ether oxygens (including phenoxy) is 3. The van der Waals surface area contributed by atoms with E-state index in [1.54, 1.807) is 6.07 Å². The molecule has 0 amide bonds. The van der Waals surface area contributed by atoms with Gasteiger partial charge in [0.1, 0.15) is 11.4 Å². The Morgan fingerprint density at radius 1 is 0.960 bits per heavy atom. The fourth-order valence-electron chi connectivity index (χ4n) is 11.0. The first-order valence-corrected chi connectivity index (χ1v) is 18.0. The maximum atomic E-state index is 13.9. The highest BCUT2D eigenvalue weighted by atomic mass is 16.6. The number of nitrogens with zero attached hydrogens (tertiary/aromatic N) is 4. The summed E-state index contributed by atoms with van der Waals surface area (Å²) in [5, 5.41) is 14.6. The van der Waals surface area contributed by atoms with Crippen molar-refractivity contribution < 1.29 is 28.9 Å². The van der Waals surface area contributed by atoms with Crippen molar-refractivity contribution in [3.05, 3.63) is 64.6 Å². The van der Waals surface area contributed by atoms with Crippen LogP contribution in [0.15, 0.2) is 36.5 Å². The number of benzene rings is 1. The third-order valence-electron chi connectivity index (χ3n) is 11.5. The van der Waals surface area contributed by atoms with Gasteiger partial charge in [0.05, 0.1) is 37.7 Å². The predicted octanol–water partition coefficient (Wildman–Crippen LogP) is 6.69. The van der Waals surface area contributed by atoms with Crippen molar-refractivity contribution in [3.63, 3.8) is 0 Å². The summed E-state index contributed by atoms with van der Waals surface area (Å²) in [5.41, 5.74) is 4.87. The van der Waals surface area contributed by atoms with E-state index in [1.165, 1.54) is 13.5 Å². The highest BCUT2D eigenvalue weighted by Crippen LogP contribution is 2.72. The normalized spacial score (nSPS) is 28.4. The molecular formula is C40H52N4O6.